The van der Waals surface area contributed by atoms with Crippen molar-refractivity contribution in [2.45, 2.75) is 39.3 Å². The van der Waals surface area contributed by atoms with E-state index in [-0.39, 0.29) is 11.4 Å². The zero-order chi connectivity index (χ0) is 24.5. The number of rotatable bonds is 7. The van der Waals surface area contributed by atoms with E-state index in [4.69, 9.17) is 14.5 Å². The lowest BCUT2D eigenvalue weighted by molar-refractivity contribution is -0.150. The lowest BCUT2D eigenvalue weighted by atomic mass is 9.95. The number of hydrogen-bond donors (Lipinski definition) is 1. The maximum absolute atomic E-state index is 12.4. The molecule has 0 spiro atoms. The van der Waals surface area contributed by atoms with Crippen molar-refractivity contribution in [3.05, 3.63) is 71.4 Å². The number of carbonyl (C=O) groups is 1. The average molecular weight is 485 g/mol. The minimum absolute atomic E-state index is 0.0361. The Hall–Kier alpha value is -3.45. The standard InChI is InChI=1S/C29H32N4O3/c1-2-35-27(34)29-11-14-33(18-23(29)16-29)28-31-13-10-25(32-28)24-5-3-4-6-26(24)36-19-20-7-8-22-17-30-12-9-21(22)15-20/h3-8,10,13,15,23,30H,2,9,11-12,14,16-19H2,1H3/t23-,29+/m0/s1. The summed E-state index contributed by atoms with van der Waals surface area (Å²) in [6.45, 7) is 6.33. The number of nitrogens with one attached hydrogen (secondary N) is 1. The van der Waals surface area contributed by atoms with Crippen LogP contribution in [0.2, 0.25) is 0 Å². The molecule has 7 heteroatoms. The van der Waals surface area contributed by atoms with Crippen LogP contribution in [-0.4, -0.2) is 42.2 Å². The second-order valence-electron chi connectivity index (χ2n) is 10.0. The zero-order valence-corrected chi connectivity index (χ0v) is 20.7. The first-order valence-corrected chi connectivity index (χ1v) is 12.9. The summed E-state index contributed by atoms with van der Waals surface area (Å²) >= 11 is 0. The molecule has 0 bridgehead atoms. The summed E-state index contributed by atoms with van der Waals surface area (Å²) in [5.74, 6) is 1.80. The van der Waals surface area contributed by atoms with Crippen LogP contribution in [0.3, 0.4) is 0 Å². The van der Waals surface area contributed by atoms with Crippen molar-refractivity contribution in [1.82, 2.24) is 15.3 Å². The quantitative estimate of drug-likeness (QED) is 0.505. The predicted octanol–water partition coefficient (Wildman–Crippen LogP) is 4.15. The van der Waals surface area contributed by atoms with Gasteiger partial charge in [0.2, 0.25) is 5.95 Å². The number of esters is 1. The Balaban J connectivity index is 1.17. The molecule has 186 valence electrons. The monoisotopic (exact) mass is 484 g/mol. The van der Waals surface area contributed by atoms with Crippen molar-refractivity contribution < 1.29 is 14.3 Å². The molecule has 0 amide bonds. The summed E-state index contributed by atoms with van der Waals surface area (Å²) in [5.41, 5.74) is 5.47. The highest BCUT2D eigenvalue weighted by molar-refractivity contribution is 5.81. The van der Waals surface area contributed by atoms with Crippen LogP contribution in [0.5, 0.6) is 5.75 Å². The van der Waals surface area contributed by atoms with Gasteiger partial charge in [0.1, 0.15) is 12.4 Å². The average Bonchev–Trinajstić information content (AvgIpc) is 3.68. The number of fused-ring (bicyclic) bond motifs is 2. The molecule has 3 aliphatic rings. The minimum atomic E-state index is -0.280. The maximum atomic E-state index is 12.4. The first-order valence-electron chi connectivity index (χ1n) is 12.9. The lowest BCUT2D eigenvalue weighted by Crippen LogP contribution is -2.39. The molecule has 6 rings (SSSR count). The summed E-state index contributed by atoms with van der Waals surface area (Å²) in [6.07, 6.45) is 4.56. The van der Waals surface area contributed by atoms with Gasteiger partial charge in [-0.25, -0.2) is 9.97 Å². The molecule has 0 radical (unpaired) electrons. The Morgan fingerprint density at radius 1 is 1.19 bits per heavy atom. The van der Waals surface area contributed by atoms with E-state index in [0.717, 1.165) is 62.4 Å². The van der Waals surface area contributed by atoms with Crippen LogP contribution in [0.15, 0.2) is 54.7 Å². The number of nitrogens with zero attached hydrogens (tertiary/aromatic N) is 3. The Morgan fingerprint density at radius 3 is 3.00 bits per heavy atom. The molecular weight excluding hydrogens is 452 g/mol. The van der Waals surface area contributed by atoms with Crippen LogP contribution < -0.4 is 15.0 Å². The van der Waals surface area contributed by atoms with Gasteiger partial charge >= 0.3 is 5.97 Å². The van der Waals surface area contributed by atoms with Gasteiger partial charge in [0.15, 0.2) is 0 Å². The first-order chi connectivity index (χ1) is 17.7. The van der Waals surface area contributed by atoms with Crippen molar-refractivity contribution >= 4 is 11.9 Å². The van der Waals surface area contributed by atoms with Gasteiger partial charge in [-0.15, -0.1) is 0 Å². The minimum Gasteiger partial charge on any atom is -0.488 e. The third-order valence-electron chi connectivity index (χ3n) is 7.82. The van der Waals surface area contributed by atoms with Crippen molar-refractivity contribution in [2.24, 2.45) is 11.3 Å². The number of benzene rings is 2. The van der Waals surface area contributed by atoms with E-state index < -0.39 is 0 Å². The molecule has 2 atom stereocenters. The number of carbonyl (C=O) groups excluding carboxylic acids is 1. The number of ether oxygens (including phenoxy) is 2. The maximum Gasteiger partial charge on any atom is 0.312 e. The van der Waals surface area contributed by atoms with E-state index in [1.807, 2.05) is 43.5 Å². The molecule has 3 aromatic rings. The van der Waals surface area contributed by atoms with Crippen LogP contribution in [0.4, 0.5) is 5.95 Å². The number of anilines is 1. The highest BCUT2D eigenvalue weighted by Crippen LogP contribution is 2.58. The number of piperidine rings is 1. The van der Waals surface area contributed by atoms with Crippen LogP contribution in [-0.2, 0) is 29.1 Å². The van der Waals surface area contributed by atoms with Crippen molar-refractivity contribution in [2.75, 3.05) is 31.1 Å². The molecule has 2 fully saturated rings. The summed E-state index contributed by atoms with van der Waals surface area (Å²) in [5, 5.41) is 3.42. The van der Waals surface area contributed by atoms with Crippen LogP contribution in [0.25, 0.3) is 11.3 Å². The second kappa shape index (κ2) is 9.54. The summed E-state index contributed by atoms with van der Waals surface area (Å²) in [4.78, 5) is 24.1. The van der Waals surface area contributed by atoms with Gasteiger partial charge in [-0.3, -0.25) is 4.79 Å². The molecule has 1 aromatic heterocycles. The van der Waals surface area contributed by atoms with Gasteiger partial charge in [0.05, 0.1) is 17.7 Å². The fraction of sp³-hybridized carbons (Fsp3) is 0.414. The molecule has 1 aliphatic carbocycles. The molecule has 3 heterocycles. The summed E-state index contributed by atoms with van der Waals surface area (Å²) < 4.78 is 11.6. The highest BCUT2D eigenvalue weighted by Gasteiger charge is 2.63. The predicted molar refractivity (Wildman–Crippen MR) is 138 cm³/mol. The molecule has 2 aromatic carbocycles. The van der Waals surface area contributed by atoms with Crippen molar-refractivity contribution in [3.63, 3.8) is 0 Å². The molecule has 1 saturated carbocycles. The molecular formula is C29H32N4O3. The summed E-state index contributed by atoms with van der Waals surface area (Å²) in [7, 11) is 0. The SMILES string of the molecule is CCOC(=O)[C@@]12CCN(c3nccc(-c4ccccc4OCc4ccc5c(c4)CCNC5)n3)C[C@@H]1C2. The van der Waals surface area contributed by atoms with E-state index in [1.165, 1.54) is 16.7 Å². The smallest absolute Gasteiger partial charge is 0.312 e. The van der Waals surface area contributed by atoms with E-state index in [0.29, 0.717) is 25.1 Å². The third kappa shape index (κ3) is 4.32. The van der Waals surface area contributed by atoms with E-state index in [9.17, 15) is 4.79 Å². The largest absolute Gasteiger partial charge is 0.488 e. The molecule has 1 N–H and O–H groups in total. The molecule has 7 nitrogen and oxygen atoms in total. The lowest BCUT2D eigenvalue weighted by Gasteiger charge is -2.30. The van der Waals surface area contributed by atoms with E-state index in [1.54, 1.807) is 0 Å². The third-order valence-corrected chi connectivity index (χ3v) is 7.82. The van der Waals surface area contributed by atoms with Gasteiger partial charge in [0.25, 0.3) is 0 Å². The van der Waals surface area contributed by atoms with E-state index >= 15 is 0 Å². The summed E-state index contributed by atoms with van der Waals surface area (Å²) in [6, 6.07) is 16.6. The Bertz CT molecular complexity index is 1280. The fourth-order valence-corrected chi connectivity index (χ4v) is 5.66. The molecule has 1 saturated heterocycles. The van der Waals surface area contributed by atoms with Crippen LogP contribution in [0.1, 0.15) is 36.5 Å². The Morgan fingerprint density at radius 2 is 2.11 bits per heavy atom. The number of hydrogen-bond acceptors (Lipinski definition) is 7. The Kier molecular flexibility index (Phi) is 6.09. The van der Waals surface area contributed by atoms with Crippen molar-refractivity contribution in [3.8, 4) is 17.0 Å². The van der Waals surface area contributed by atoms with Crippen molar-refractivity contribution in [1.29, 1.82) is 0 Å². The van der Waals surface area contributed by atoms with Gasteiger partial charge in [-0.05, 0) is 73.5 Å². The molecule has 2 aliphatic heterocycles. The second-order valence-corrected chi connectivity index (χ2v) is 10.0. The van der Waals surface area contributed by atoms with Crippen LogP contribution in [0, 0.1) is 11.3 Å². The number of para-hydroxylation sites is 1. The fourth-order valence-electron chi connectivity index (χ4n) is 5.66. The normalized spacial score (nSPS) is 22.4. The van der Waals surface area contributed by atoms with Crippen LogP contribution >= 0.6 is 0 Å². The van der Waals surface area contributed by atoms with Gasteiger partial charge < -0.3 is 19.7 Å². The molecule has 36 heavy (non-hydrogen) atoms. The highest BCUT2D eigenvalue weighted by atomic mass is 16.5. The first kappa shape index (κ1) is 23.0. The molecule has 0 unspecified atom stereocenters. The Labute approximate surface area is 211 Å². The van der Waals surface area contributed by atoms with Gasteiger partial charge in [0, 0.05) is 31.4 Å². The number of aromatic nitrogens is 2. The van der Waals surface area contributed by atoms with E-state index in [2.05, 4.69) is 33.4 Å². The van der Waals surface area contributed by atoms with Gasteiger partial charge in [-0.2, -0.15) is 0 Å². The van der Waals surface area contributed by atoms with Gasteiger partial charge in [-0.1, -0.05) is 30.3 Å². The topological polar surface area (TPSA) is 76.6 Å². The zero-order valence-electron chi connectivity index (χ0n) is 20.7.